The van der Waals surface area contributed by atoms with E-state index in [0.29, 0.717) is 38.4 Å². The van der Waals surface area contributed by atoms with Crippen molar-refractivity contribution in [2.24, 2.45) is 28.7 Å². The number of hydrogen-bond acceptors (Lipinski definition) is 35. The fourth-order valence-electron chi connectivity index (χ4n) is 15.6. The van der Waals surface area contributed by atoms with Crippen molar-refractivity contribution >= 4 is 67.2 Å². The van der Waals surface area contributed by atoms with E-state index in [1.54, 1.807) is 13.0 Å². The van der Waals surface area contributed by atoms with Gasteiger partial charge in [0.2, 0.25) is 29.3 Å². The van der Waals surface area contributed by atoms with Crippen molar-refractivity contribution in [3.8, 4) is 5.69 Å². The van der Waals surface area contributed by atoms with Gasteiger partial charge in [0.25, 0.3) is 11.6 Å². The number of aliphatic carboxylic acids is 2. The maximum absolute atomic E-state index is 14.3. The lowest BCUT2D eigenvalue weighted by molar-refractivity contribution is -0.384. The molecule has 46 heteroatoms. The molecule has 1 aromatic carbocycles. The zero-order chi connectivity index (χ0) is 96.7. The summed E-state index contributed by atoms with van der Waals surface area (Å²) in [4.78, 5) is 143. The Hall–Kier alpha value is -8.72. The summed E-state index contributed by atoms with van der Waals surface area (Å²) in [6.45, 7) is 17.4. The van der Waals surface area contributed by atoms with E-state index in [9.17, 15) is 124 Å². The molecule has 0 radical (unpaired) electrons. The Morgan fingerprint density at radius 3 is 2.03 bits per heavy atom. The molecular weight excluding hydrogens is 1740 g/mol. The lowest BCUT2D eigenvalue weighted by Gasteiger charge is -2.52. The molecule has 27 atom stereocenters. The molecule has 3 aliphatic heterocycles. The van der Waals surface area contributed by atoms with Gasteiger partial charge in [-0.1, -0.05) is 79.5 Å². The molecule has 3 saturated heterocycles. The molecular formula is C84H126N9O36P. The van der Waals surface area contributed by atoms with Crippen molar-refractivity contribution in [1.82, 2.24) is 30.7 Å². The molecule has 0 spiro atoms. The maximum Gasteiger partial charge on any atom is 0.474 e. The van der Waals surface area contributed by atoms with E-state index in [1.165, 1.54) is 18.1 Å². The lowest BCUT2D eigenvalue weighted by Crippen LogP contribution is -2.71. The number of aliphatic hydroxyl groups is 10. The minimum absolute atomic E-state index is 0.0264. The van der Waals surface area contributed by atoms with Crippen LogP contribution in [0.3, 0.4) is 0 Å². The molecule has 5 amide bonds. The van der Waals surface area contributed by atoms with Gasteiger partial charge in [0.05, 0.1) is 79.0 Å². The van der Waals surface area contributed by atoms with Crippen LogP contribution in [0.25, 0.3) is 5.69 Å². The van der Waals surface area contributed by atoms with Crippen LogP contribution in [0.5, 0.6) is 0 Å². The monoisotopic (exact) mass is 1870 g/mol. The number of aromatic nitrogens is 3. The van der Waals surface area contributed by atoms with Crippen LogP contribution >= 0.6 is 7.82 Å². The standard InChI is InChI=1S/C84H126N9O36P/c1-41(2)19-18-21-42(3)22-23-44(5)28-31-83(9,10)30-15-14-20-43(4)29-34-119-56(78(111)112)40-121-130(117,118)129-81-71(72(128-82(86)113)84(11,114)73(127-81)74(85)109)123-54-36-49(39-120-55-35-48(38-95)60(101)64(105)61(55)102)69(62(103)58(54)88-46(7)96)125-79-59(89-47(8)97)63(104)68(45(6)122-79)124-80-67(108)65(106)66(107)70(126-80)76-90-75(53(98)26-27-57(99)100)91-92(76)52-25-24-50(93(115)116)37-51(52)77(110)87-32-16-12-13-17-33-94/h15,19,22,24-25,29-30,33,37,45,48-49,54-56,58-73,79-81,95,101-108,114H,5,12-14,16-18,20-21,23,26-28,31-32,34-36,38-40H2,1-4,6-11H3,(H2,85,109)(H2,86,113)(H,87,110)(H,88,96)(H,89,97)(H,99,100)(H,111,112)(H,117,118)/b30-15+,42-22+,43-29+. The molecule has 7 rings (SSSR count). The number of carboxylic acids is 2. The second kappa shape index (κ2) is 49.3. The van der Waals surface area contributed by atoms with Crippen LogP contribution in [0, 0.1) is 27.4 Å². The number of benzene rings is 1. The van der Waals surface area contributed by atoms with Gasteiger partial charge >= 0.3 is 25.9 Å². The third-order valence-electron chi connectivity index (χ3n) is 22.9. The van der Waals surface area contributed by atoms with Crippen LogP contribution in [0.4, 0.5) is 10.5 Å². The molecule has 2 saturated carbocycles. The molecule has 45 nitrogen and oxygen atoms in total. The number of Topliss-reactive ketones (excluding diaryl/α,β-unsaturated/α-hetero) is 1. The highest BCUT2D eigenvalue weighted by molar-refractivity contribution is 7.47. The van der Waals surface area contributed by atoms with Crippen molar-refractivity contribution in [1.29, 1.82) is 0 Å². The summed E-state index contributed by atoms with van der Waals surface area (Å²) in [6.07, 6.45) is -30.5. The molecule has 2 aromatic rings. The number of aliphatic hydroxyl groups excluding tert-OH is 9. The van der Waals surface area contributed by atoms with Crippen LogP contribution in [0.2, 0.25) is 0 Å². The number of ketones is 1. The second-order valence-electron chi connectivity index (χ2n) is 34.4. The molecule has 2 aliphatic carbocycles. The second-order valence-corrected chi connectivity index (χ2v) is 35.8. The summed E-state index contributed by atoms with van der Waals surface area (Å²) in [5, 5.41) is 160. The third-order valence-corrected chi connectivity index (χ3v) is 23.9. The van der Waals surface area contributed by atoms with E-state index in [1.807, 2.05) is 6.08 Å². The van der Waals surface area contributed by atoms with E-state index < -0.39 is 280 Å². The molecule has 728 valence electrons. The van der Waals surface area contributed by atoms with E-state index >= 15 is 0 Å². The van der Waals surface area contributed by atoms with Crippen LogP contribution in [0.15, 0.2) is 77.5 Å². The first kappa shape index (κ1) is 108. The fraction of sp³-hybridized carbons (Fsp3) is 0.679. The summed E-state index contributed by atoms with van der Waals surface area (Å²) in [5.41, 5.74) is 11.2. The number of allylic oxidation sites excluding steroid dienone is 8. The van der Waals surface area contributed by atoms with Crippen molar-refractivity contribution in [2.75, 3.05) is 33.0 Å². The number of nitrogens with one attached hydrogen (secondary N) is 3. The van der Waals surface area contributed by atoms with Gasteiger partial charge in [-0.2, -0.15) is 0 Å². The summed E-state index contributed by atoms with van der Waals surface area (Å²) in [5.74, 6) is -12.7. The van der Waals surface area contributed by atoms with Gasteiger partial charge in [0.15, 0.2) is 43.0 Å². The first-order chi connectivity index (χ1) is 61.0. The Bertz CT molecular complexity index is 4400. The van der Waals surface area contributed by atoms with E-state index in [4.69, 9.17) is 63.1 Å². The Balaban J connectivity index is 1.17. The van der Waals surface area contributed by atoms with E-state index in [2.05, 4.69) is 85.5 Å². The Morgan fingerprint density at radius 2 is 1.40 bits per heavy atom. The summed E-state index contributed by atoms with van der Waals surface area (Å²) >= 11 is 0. The summed E-state index contributed by atoms with van der Waals surface area (Å²) in [7, 11) is -5.86. The van der Waals surface area contributed by atoms with Gasteiger partial charge in [-0.15, -0.1) is 5.10 Å². The lowest BCUT2D eigenvalue weighted by atomic mass is 9.78. The molecule has 5 fully saturated rings. The molecule has 130 heavy (non-hydrogen) atoms. The first-order valence-electron chi connectivity index (χ1n) is 42.6. The number of carboxylic acid groups (broad SMARTS) is 2. The molecule has 5 aliphatic rings. The normalized spacial score (nSPS) is 31.0. The number of phosphoric acid groups is 1. The van der Waals surface area contributed by atoms with Gasteiger partial charge < -0.3 is 141 Å². The number of primary amides is 2. The van der Waals surface area contributed by atoms with Gasteiger partial charge in [-0.3, -0.25) is 47.9 Å². The minimum Gasteiger partial charge on any atom is -0.481 e. The smallest absolute Gasteiger partial charge is 0.474 e. The van der Waals surface area contributed by atoms with Crippen molar-refractivity contribution in [3.05, 3.63) is 105 Å². The average molecular weight is 1870 g/mol. The highest BCUT2D eigenvalue weighted by atomic mass is 31.2. The first-order valence-corrected chi connectivity index (χ1v) is 44.1. The van der Waals surface area contributed by atoms with Crippen molar-refractivity contribution in [2.45, 2.75) is 312 Å². The minimum atomic E-state index is -5.86. The zero-order valence-corrected chi connectivity index (χ0v) is 75.0. The topological polar surface area (TPSA) is 697 Å². The number of phosphoric ester groups is 1. The van der Waals surface area contributed by atoms with Gasteiger partial charge in [-0.05, 0) is 124 Å². The predicted molar refractivity (Wildman–Crippen MR) is 451 cm³/mol. The number of carbonyl (C=O) groups is 9. The number of nitro benzene ring substituents is 1. The van der Waals surface area contributed by atoms with Gasteiger partial charge in [0.1, 0.15) is 79.0 Å². The largest absolute Gasteiger partial charge is 0.481 e. The number of non-ortho nitro benzene ring substituents is 1. The van der Waals surface area contributed by atoms with Crippen LogP contribution < -0.4 is 27.4 Å². The molecule has 20 N–H and O–H groups in total. The van der Waals surface area contributed by atoms with Gasteiger partial charge in [-0.25, -0.2) is 23.8 Å². The predicted octanol–water partition coefficient (Wildman–Crippen LogP) is 1.45. The van der Waals surface area contributed by atoms with Crippen molar-refractivity contribution in [3.63, 3.8) is 0 Å². The SMILES string of the molecule is C=C(C/C=C(\C)CCC=C(C)C)CCC(C)(C)/C=C/CC/C(C)=C/COC(COP(=O)(O)OC1OC(C(N)=O)C(C)(O)C(OC(N)=O)C1OC1CC(COC2CC(CO)C(O)C(O)C2O)C(OC2OC(C)C(OC3OC(c4nc(C(=O)CCC(=O)O)nn4-c4ccc([N+](=O)[O-])cc4C(=O)NCCCCCC=O)C(O)C(O)C3O)C(O)C2NC(C)=O)C(O)C1NC(C)=O)C(=O)O. The Kier molecular flexibility index (Phi) is 41.1. The summed E-state index contributed by atoms with van der Waals surface area (Å²) < 4.78 is 80.4. The Labute approximate surface area is 749 Å². The third kappa shape index (κ3) is 30.4. The number of rotatable bonds is 49. The number of ether oxygens (including phenoxy) is 9. The number of nitro groups is 1. The number of hydrogen-bond donors (Lipinski definition) is 18. The average Bonchev–Trinajstić information content (AvgIpc) is 1.25. The molecule has 27 unspecified atom stereocenters. The number of carbonyl (C=O) groups excluding carboxylic acids is 7. The number of amides is 5. The fourth-order valence-corrected chi connectivity index (χ4v) is 16.4. The quantitative estimate of drug-likeness (QED) is 0.00848. The molecule has 0 bridgehead atoms. The summed E-state index contributed by atoms with van der Waals surface area (Å²) in [6, 6.07) is -1.08. The highest BCUT2D eigenvalue weighted by Gasteiger charge is 2.62. The number of nitrogens with zero attached hydrogens (tertiary/aromatic N) is 4. The molecule has 1 aromatic heterocycles. The number of unbranched alkanes of at least 4 members (excludes halogenated alkanes) is 3. The van der Waals surface area contributed by atoms with Crippen molar-refractivity contribution < 1.29 is 170 Å². The number of aldehydes is 1. The zero-order valence-electron chi connectivity index (χ0n) is 74.1. The highest BCUT2D eigenvalue weighted by Crippen LogP contribution is 2.50. The van der Waals surface area contributed by atoms with Crippen LogP contribution in [-0.2, 0) is 85.0 Å². The van der Waals surface area contributed by atoms with Crippen LogP contribution in [0.1, 0.15) is 198 Å². The molecule has 4 heterocycles. The van der Waals surface area contributed by atoms with E-state index in [-0.39, 0.29) is 37.1 Å². The van der Waals surface area contributed by atoms with Crippen LogP contribution in [-0.4, -0.2) is 313 Å². The Morgan fingerprint density at radius 1 is 0.754 bits per heavy atom. The van der Waals surface area contributed by atoms with E-state index in [0.717, 1.165) is 86.9 Å². The maximum atomic E-state index is 14.3. The van der Waals surface area contributed by atoms with Gasteiger partial charge in [0, 0.05) is 63.8 Å². The number of nitrogens with two attached hydrogens (primary N) is 2.